The Morgan fingerprint density at radius 3 is 2.40 bits per heavy atom. The molecule has 1 aromatic rings. The van der Waals surface area contributed by atoms with Crippen LogP contribution in [0, 0.1) is 23.7 Å². The summed E-state index contributed by atoms with van der Waals surface area (Å²) in [5.74, 6) is 5.89. The summed E-state index contributed by atoms with van der Waals surface area (Å²) in [6, 6.07) is 0. The van der Waals surface area contributed by atoms with Gasteiger partial charge in [0.1, 0.15) is 0 Å². The van der Waals surface area contributed by atoms with E-state index in [2.05, 4.69) is 5.16 Å². The second-order valence-corrected chi connectivity index (χ2v) is 7.33. The molecular formula is C15H22ClN3O. The molecule has 2 N–H and O–H groups in total. The van der Waals surface area contributed by atoms with E-state index in [0.29, 0.717) is 5.92 Å². The number of nitrogens with zero attached hydrogens (tertiary/aromatic N) is 2. The molecule has 110 valence electrons. The Labute approximate surface area is 125 Å². The molecule has 1 heterocycles. The van der Waals surface area contributed by atoms with Crippen LogP contribution in [0.4, 0.5) is 0 Å². The number of hydrogen-bond donors (Lipinski definition) is 1. The molecular weight excluding hydrogens is 274 g/mol. The third-order valence-corrected chi connectivity index (χ3v) is 6.40. The van der Waals surface area contributed by atoms with Gasteiger partial charge in [0.05, 0.1) is 5.54 Å². The van der Waals surface area contributed by atoms with E-state index in [0.717, 1.165) is 48.2 Å². The minimum atomic E-state index is -0.301. The molecule has 4 aliphatic carbocycles. The molecule has 5 rings (SSSR count). The first-order valence-corrected chi connectivity index (χ1v) is 7.89. The zero-order chi connectivity index (χ0) is 12.6. The third kappa shape index (κ3) is 1.58. The summed E-state index contributed by atoms with van der Waals surface area (Å²) in [6.45, 7) is 0. The molecule has 0 aliphatic heterocycles. The summed E-state index contributed by atoms with van der Waals surface area (Å²) in [5, 5.41) is 4.22. The zero-order valence-corrected chi connectivity index (χ0v) is 12.4. The fraction of sp³-hybridized carbons (Fsp3) is 0.867. The lowest BCUT2D eigenvalue weighted by Gasteiger charge is -2.17. The molecule has 0 aromatic carbocycles. The molecule has 0 spiro atoms. The molecule has 4 aliphatic rings. The Hall–Kier alpha value is -0.610. The summed E-state index contributed by atoms with van der Waals surface area (Å²) < 4.78 is 5.59. The highest BCUT2D eigenvalue weighted by Crippen LogP contribution is 2.72. The Morgan fingerprint density at radius 2 is 1.75 bits per heavy atom. The van der Waals surface area contributed by atoms with Gasteiger partial charge in [-0.05, 0) is 55.8 Å². The normalized spacial score (nSPS) is 43.4. The minimum Gasteiger partial charge on any atom is -0.339 e. The van der Waals surface area contributed by atoms with Crippen LogP contribution in [0.15, 0.2) is 4.52 Å². The monoisotopic (exact) mass is 295 g/mol. The smallest absolute Gasteiger partial charge is 0.230 e. The van der Waals surface area contributed by atoms with Crippen LogP contribution in [-0.2, 0) is 5.54 Å². The quantitative estimate of drug-likeness (QED) is 0.911. The van der Waals surface area contributed by atoms with E-state index in [4.69, 9.17) is 15.2 Å². The van der Waals surface area contributed by atoms with Crippen LogP contribution in [0.3, 0.4) is 0 Å². The molecule has 0 radical (unpaired) electrons. The second-order valence-electron chi connectivity index (χ2n) is 7.33. The van der Waals surface area contributed by atoms with Crippen molar-refractivity contribution < 1.29 is 4.52 Å². The van der Waals surface area contributed by atoms with Gasteiger partial charge in [-0.25, -0.2) is 0 Å². The largest absolute Gasteiger partial charge is 0.339 e. The van der Waals surface area contributed by atoms with Crippen molar-refractivity contribution in [3.05, 3.63) is 11.7 Å². The van der Waals surface area contributed by atoms with Gasteiger partial charge in [-0.1, -0.05) is 18.0 Å². The number of halogens is 1. The van der Waals surface area contributed by atoms with Gasteiger partial charge >= 0.3 is 0 Å². The average Bonchev–Trinajstić information content (AvgIpc) is 2.96. The van der Waals surface area contributed by atoms with Gasteiger partial charge in [0.25, 0.3) is 0 Å². The third-order valence-electron chi connectivity index (χ3n) is 6.40. The Bertz CT molecular complexity index is 509. The molecule has 0 amide bonds. The summed E-state index contributed by atoms with van der Waals surface area (Å²) in [7, 11) is 0. The number of aromatic nitrogens is 2. The lowest BCUT2D eigenvalue weighted by atomic mass is 9.98. The van der Waals surface area contributed by atoms with Gasteiger partial charge < -0.3 is 10.3 Å². The molecule has 5 heteroatoms. The summed E-state index contributed by atoms with van der Waals surface area (Å²) in [4.78, 5) is 4.70. The van der Waals surface area contributed by atoms with Gasteiger partial charge in [-0.15, -0.1) is 12.4 Å². The molecule has 4 saturated carbocycles. The van der Waals surface area contributed by atoms with E-state index >= 15 is 0 Å². The number of nitrogens with two attached hydrogens (primary N) is 1. The highest BCUT2D eigenvalue weighted by Gasteiger charge is 2.67. The van der Waals surface area contributed by atoms with Crippen LogP contribution in [0.25, 0.3) is 0 Å². The number of rotatable bonds is 2. The number of hydrogen-bond acceptors (Lipinski definition) is 4. The van der Waals surface area contributed by atoms with E-state index in [-0.39, 0.29) is 17.9 Å². The van der Waals surface area contributed by atoms with E-state index in [1.165, 1.54) is 32.1 Å². The molecule has 4 unspecified atom stereocenters. The lowest BCUT2D eigenvalue weighted by molar-refractivity contribution is 0.336. The van der Waals surface area contributed by atoms with Gasteiger partial charge in [0.2, 0.25) is 5.89 Å². The maximum atomic E-state index is 6.41. The molecule has 2 bridgehead atoms. The van der Waals surface area contributed by atoms with Crippen LogP contribution in [-0.4, -0.2) is 10.1 Å². The van der Waals surface area contributed by atoms with Crippen LogP contribution in [0.1, 0.15) is 62.6 Å². The molecule has 4 atom stereocenters. The average molecular weight is 296 g/mol. The molecule has 4 fully saturated rings. The minimum absolute atomic E-state index is 0. The second kappa shape index (κ2) is 4.20. The van der Waals surface area contributed by atoms with Crippen LogP contribution >= 0.6 is 12.4 Å². The highest BCUT2D eigenvalue weighted by atomic mass is 35.5. The molecule has 4 nitrogen and oxygen atoms in total. The first kappa shape index (κ1) is 13.1. The lowest BCUT2D eigenvalue weighted by Crippen LogP contribution is -2.34. The van der Waals surface area contributed by atoms with E-state index < -0.39 is 0 Å². The fourth-order valence-electron chi connectivity index (χ4n) is 5.46. The van der Waals surface area contributed by atoms with Crippen LogP contribution < -0.4 is 5.73 Å². The van der Waals surface area contributed by atoms with E-state index in [1.54, 1.807) is 0 Å². The maximum Gasteiger partial charge on any atom is 0.230 e. The predicted molar refractivity (Wildman–Crippen MR) is 76.4 cm³/mol. The zero-order valence-electron chi connectivity index (χ0n) is 11.6. The summed E-state index contributed by atoms with van der Waals surface area (Å²) in [6.07, 6.45) is 8.74. The van der Waals surface area contributed by atoms with Gasteiger partial charge in [0.15, 0.2) is 5.82 Å². The topological polar surface area (TPSA) is 64.9 Å². The first-order valence-electron chi connectivity index (χ1n) is 7.89. The Balaban J connectivity index is 0.00000106. The van der Waals surface area contributed by atoms with Gasteiger partial charge in [-0.3, -0.25) is 0 Å². The van der Waals surface area contributed by atoms with Crippen LogP contribution in [0.2, 0.25) is 0 Å². The molecule has 0 saturated heterocycles. The van der Waals surface area contributed by atoms with Gasteiger partial charge in [0, 0.05) is 5.92 Å². The standard InChI is InChI=1S/C15H21N3O.ClH/c16-15(5-1-2-6-15)14-17-13(19-18-14)12-10-8-3-4-9(7-8)11(10)12;/h8-12H,1-7,16H2;1H. The summed E-state index contributed by atoms with van der Waals surface area (Å²) >= 11 is 0. The van der Waals surface area contributed by atoms with Crippen molar-refractivity contribution in [2.45, 2.75) is 56.4 Å². The van der Waals surface area contributed by atoms with Gasteiger partial charge in [-0.2, -0.15) is 4.98 Å². The van der Waals surface area contributed by atoms with Crippen molar-refractivity contribution in [1.29, 1.82) is 0 Å². The predicted octanol–water partition coefficient (Wildman–Crippen LogP) is 2.98. The van der Waals surface area contributed by atoms with E-state index in [1.807, 2.05) is 0 Å². The molecule has 20 heavy (non-hydrogen) atoms. The highest BCUT2D eigenvalue weighted by molar-refractivity contribution is 5.85. The van der Waals surface area contributed by atoms with Crippen molar-refractivity contribution in [3.8, 4) is 0 Å². The number of fused-ring (bicyclic) bond motifs is 5. The molecule has 1 aromatic heterocycles. The van der Waals surface area contributed by atoms with Crippen molar-refractivity contribution in [2.75, 3.05) is 0 Å². The van der Waals surface area contributed by atoms with Crippen molar-refractivity contribution in [2.24, 2.45) is 29.4 Å². The summed E-state index contributed by atoms with van der Waals surface area (Å²) in [5.41, 5.74) is 6.11. The van der Waals surface area contributed by atoms with Crippen LogP contribution in [0.5, 0.6) is 0 Å². The van der Waals surface area contributed by atoms with Crippen molar-refractivity contribution in [3.63, 3.8) is 0 Å². The van der Waals surface area contributed by atoms with Crippen molar-refractivity contribution in [1.82, 2.24) is 10.1 Å². The van der Waals surface area contributed by atoms with E-state index in [9.17, 15) is 0 Å². The maximum absolute atomic E-state index is 6.41. The van der Waals surface area contributed by atoms with Crippen molar-refractivity contribution >= 4 is 12.4 Å². The Morgan fingerprint density at radius 1 is 1.10 bits per heavy atom. The first-order chi connectivity index (χ1) is 9.26. The SMILES string of the molecule is Cl.NC1(c2noc(C3C4C5CCC(C5)C34)n2)CCCC1. The Kier molecular flexibility index (Phi) is 2.75. The fourth-order valence-corrected chi connectivity index (χ4v) is 5.46.